The highest BCUT2D eigenvalue weighted by Crippen LogP contribution is 2.62. The highest BCUT2D eigenvalue weighted by Gasteiger charge is 2.75. The van der Waals surface area contributed by atoms with Gasteiger partial charge in [0.1, 0.15) is 17.7 Å². The van der Waals surface area contributed by atoms with Crippen molar-refractivity contribution in [2.24, 2.45) is 5.41 Å². The topological polar surface area (TPSA) is 81.7 Å². The molecule has 0 radical (unpaired) electrons. The average molecular weight is 341 g/mol. The number of piperazine rings is 1. The molecule has 3 heterocycles. The molecule has 3 aliphatic heterocycles. The van der Waals surface area contributed by atoms with Crippen LogP contribution in [0.3, 0.4) is 0 Å². The Labute approximate surface area is 146 Å². The fraction of sp³-hybridized carbons (Fsp3) is 0.474. The van der Waals surface area contributed by atoms with Crippen LogP contribution in [0.2, 0.25) is 0 Å². The summed E-state index contributed by atoms with van der Waals surface area (Å²) in [4.78, 5) is 27.3. The first-order chi connectivity index (χ1) is 11.7. The maximum absolute atomic E-state index is 13.1. The maximum Gasteiger partial charge on any atom is 0.247 e. The summed E-state index contributed by atoms with van der Waals surface area (Å²) in [5.41, 5.74) is -1.75. The number of nitrogens with zero attached hydrogens (tertiary/aromatic N) is 1. The molecule has 4 atom stereocenters. The largest absolute Gasteiger partial charge is 0.380 e. The summed E-state index contributed by atoms with van der Waals surface area (Å²) in [6.45, 7) is 9.46. The molecule has 0 spiro atoms. The molecule has 2 fully saturated rings. The molecule has 3 aliphatic rings. The summed E-state index contributed by atoms with van der Waals surface area (Å²) in [7, 11) is 0. The zero-order valence-electron chi connectivity index (χ0n) is 14.7. The molecule has 6 nitrogen and oxygen atoms in total. The second kappa shape index (κ2) is 4.64. The van der Waals surface area contributed by atoms with Crippen molar-refractivity contribution < 1.29 is 14.7 Å². The third-order valence-corrected chi connectivity index (χ3v) is 6.16. The Hall–Kier alpha value is -2.34. The summed E-state index contributed by atoms with van der Waals surface area (Å²) < 4.78 is 0. The van der Waals surface area contributed by atoms with Gasteiger partial charge in [0, 0.05) is 23.1 Å². The molecule has 132 valence electrons. The van der Waals surface area contributed by atoms with Crippen LogP contribution in [0, 0.1) is 5.41 Å². The zero-order chi connectivity index (χ0) is 18.2. The Morgan fingerprint density at radius 1 is 1.36 bits per heavy atom. The molecule has 0 aliphatic carbocycles. The van der Waals surface area contributed by atoms with Crippen LogP contribution >= 0.6 is 0 Å². The Balaban J connectivity index is 2.02. The number of para-hydroxylation sites is 1. The van der Waals surface area contributed by atoms with Crippen LogP contribution in [0.25, 0.3) is 0 Å². The van der Waals surface area contributed by atoms with Crippen LogP contribution in [0.5, 0.6) is 0 Å². The second-order valence-electron chi connectivity index (χ2n) is 7.83. The normalized spacial score (nSPS) is 36.2. The van der Waals surface area contributed by atoms with E-state index < -0.39 is 28.8 Å². The number of anilines is 1. The van der Waals surface area contributed by atoms with Crippen LogP contribution in [-0.4, -0.2) is 39.6 Å². The van der Waals surface area contributed by atoms with Gasteiger partial charge >= 0.3 is 0 Å². The summed E-state index contributed by atoms with van der Waals surface area (Å²) in [6, 6.07) is 6.14. The number of hydrogen-bond acceptors (Lipinski definition) is 4. The van der Waals surface area contributed by atoms with E-state index in [4.69, 9.17) is 0 Å². The fourth-order valence-corrected chi connectivity index (χ4v) is 4.83. The molecule has 0 saturated carbocycles. The number of carbonyl (C=O) groups excluding carboxylic acids is 2. The highest BCUT2D eigenvalue weighted by molar-refractivity contribution is 5.99. The fourth-order valence-electron chi connectivity index (χ4n) is 4.83. The van der Waals surface area contributed by atoms with Crippen LogP contribution in [0.1, 0.15) is 32.8 Å². The third-order valence-electron chi connectivity index (χ3n) is 6.16. The van der Waals surface area contributed by atoms with E-state index in [1.165, 1.54) is 0 Å². The lowest BCUT2D eigenvalue weighted by Crippen LogP contribution is -2.73. The van der Waals surface area contributed by atoms with Crippen molar-refractivity contribution in [3.05, 3.63) is 42.5 Å². The van der Waals surface area contributed by atoms with Crippen molar-refractivity contribution in [2.45, 2.75) is 50.5 Å². The van der Waals surface area contributed by atoms with Crippen LogP contribution in [-0.2, 0) is 15.2 Å². The van der Waals surface area contributed by atoms with E-state index in [2.05, 4.69) is 17.2 Å². The standard InChI is InChI=1S/C19H23N3O3/c1-5-17(3,4)19-18(25,12-8-6-7-9-13(12)21-19)10-14-15(23)20-11(2)16(24)22(14)19/h5-9,11,14,21,25H,1,10H2,2-4H3,(H,20,23)/t11-,14-,18-,19+/m0/s1. The van der Waals surface area contributed by atoms with E-state index in [0.29, 0.717) is 5.56 Å². The maximum atomic E-state index is 13.1. The van der Waals surface area contributed by atoms with E-state index in [9.17, 15) is 14.7 Å². The molecule has 0 aromatic heterocycles. The summed E-state index contributed by atoms with van der Waals surface area (Å²) in [5, 5.41) is 18.0. The number of hydrogen-bond donors (Lipinski definition) is 3. The van der Waals surface area contributed by atoms with Gasteiger partial charge in [0.2, 0.25) is 11.8 Å². The lowest BCUT2D eigenvalue weighted by Gasteiger charge is -2.53. The molecule has 3 N–H and O–H groups in total. The van der Waals surface area contributed by atoms with Crippen molar-refractivity contribution in [3.63, 3.8) is 0 Å². The van der Waals surface area contributed by atoms with E-state index in [1.807, 2.05) is 38.1 Å². The number of carbonyl (C=O) groups is 2. The van der Waals surface area contributed by atoms with Crippen molar-refractivity contribution in [2.75, 3.05) is 5.32 Å². The Morgan fingerprint density at radius 2 is 2.04 bits per heavy atom. The first-order valence-electron chi connectivity index (χ1n) is 8.57. The molecule has 4 rings (SSSR count). The van der Waals surface area contributed by atoms with Gasteiger partial charge in [0.05, 0.1) is 0 Å². The van der Waals surface area contributed by atoms with E-state index in [-0.39, 0.29) is 18.2 Å². The van der Waals surface area contributed by atoms with Gasteiger partial charge in [-0.05, 0) is 13.0 Å². The molecule has 1 aromatic carbocycles. The van der Waals surface area contributed by atoms with Gasteiger partial charge in [-0.25, -0.2) is 0 Å². The SMILES string of the molecule is C=CC(C)(C)[C@]12Nc3ccccc3[C@@]1(O)C[C@H]1C(=O)N[C@@H](C)C(=O)N12. The molecule has 25 heavy (non-hydrogen) atoms. The Kier molecular flexibility index (Phi) is 2.99. The minimum Gasteiger partial charge on any atom is -0.380 e. The van der Waals surface area contributed by atoms with Crippen molar-refractivity contribution >= 4 is 17.5 Å². The predicted molar refractivity (Wildman–Crippen MR) is 93.5 cm³/mol. The first-order valence-corrected chi connectivity index (χ1v) is 8.57. The highest BCUT2D eigenvalue weighted by atomic mass is 16.3. The quantitative estimate of drug-likeness (QED) is 0.709. The van der Waals surface area contributed by atoms with E-state index in [0.717, 1.165) is 5.69 Å². The molecule has 1 aromatic rings. The van der Waals surface area contributed by atoms with Gasteiger partial charge in [-0.3, -0.25) is 9.59 Å². The zero-order valence-corrected chi connectivity index (χ0v) is 14.7. The number of fused-ring (bicyclic) bond motifs is 5. The van der Waals surface area contributed by atoms with Crippen LogP contribution in [0.4, 0.5) is 5.69 Å². The summed E-state index contributed by atoms with van der Waals surface area (Å²) in [5.74, 6) is -0.427. The van der Waals surface area contributed by atoms with Gasteiger partial charge in [-0.2, -0.15) is 0 Å². The Morgan fingerprint density at radius 3 is 2.72 bits per heavy atom. The second-order valence-corrected chi connectivity index (χ2v) is 7.83. The molecular weight excluding hydrogens is 318 g/mol. The lowest BCUT2D eigenvalue weighted by molar-refractivity contribution is -0.160. The number of aliphatic hydroxyl groups is 1. The molecular formula is C19H23N3O3. The van der Waals surface area contributed by atoms with Crippen molar-refractivity contribution in [1.82, 2.24) is 10.2 Å². The van der Waals surface area contributed by atoms with Gasteiger partial charge in [0.15, 0.2) is 5.66 Å². The minimum atomic E-state index is -1.39. The molecule has 2 amide bonds. The van der Waals surface area contributed by atoms with Crippen molar-refractivity contribution in [1.29, 1.82) is 0 Å². The first kappa shape index (κ1) is 16.1. The number of nitrogens with one attached hydrogen (secondary N) is 2. The number of rotatable bonds is 2. The van der Waals surface area contributed by atoms with E-state index >= 15 is 0 Å². The molecule has 0 unspecified atom stereocenters. The molecule has 6 heteroatoms. The van der Waals surface area contributed by atoms with Gasteiger partial charge < -0.3 is 20.6 Å². The third kappa shape index (κ3) is 1.63. The van der Waals surface area contributed by atoms with Crippen LogP contribution < -0.4 is 10.6 Å². The monoisotopic (exact) mass is 341 g/mol. The number of amides is 2. The van der Waals surface area contributed by atoms with Gasteiger partial charge in [0.25, 0.3) is 0 Å². The minimum absolute atomic E-state index is 0.151. The predicted octanol–water partition coefficient (Wildman–Crippen LogP) is 1.33. The van der Waals surface area contributed by atoms with Gasteiger partial charge in [-0.1, -0.05) is 38.1 Å². The number of benzene rings is 1. The molecule has 2 saturated heterocycles. The lowest BCUT2D eigenvalue weighted by atomic mass is 9.68. The summed E-state index contributed by atoms with van der Waals surface area (Å²) in [6.07, 6.45) is 1.89. The van der Waals surface area contributed by atoms with Gasteiger partial charge in [-0.15, -0.1) is 6.58 Å². The smallest absolute Gasteiger partial charge is 0.247 e. The van der Waals surface area contributed by atoms with Crippen molar-refractivity contribution in [3.8, 4) is 0 Å². The summed E-state index contributed by atoms with van der Waals surface area (Å²) >= 11 is 0. The average Bonchev–Trinajstić information content (AvgIpc) is 2.99. The van der Waals surface area contributed by atoms with Crippen LogP contribution in [0.15, 0.2) is 36.9 Å². The van der Waals surface area contributed by atoms with E-state index in [1.54, 1.807) is 17.9 Å². The molecule has 0 bridgehead atoms. The Bertz CT molecular complexity index is 805.